The second-order valence-corrected chi connectivity index (χ2v) is 7.94. The molecule has 2 aromatic heterocycles. The van der Waals surface area contributed by atoms with Gasteiger partial charge < -0.3 is 5.32 Å². The molecule has 1 unspecified atom stereocenters. The number of benzene rings is 1. The van der Waals surface area contributed by atoms with Crippen LogP contribution in [0.15, 0.2) is 41.5 Å². The number of pyridine rings is 1. The van der Waals surface area contributed by atoms with Gasteiger partial charge in [-0.05, 0) is 54.4 Å². The highest BCUT2D eigenvalue weighted by Crippen LogP contribution is 2.25. The lowest BCUT2D eigenvalue weighted by Gasteiger charge is -2.20. The molecule has 1 aliphatic rings. The number of hydrogen-bond donors (Lipinski definition) is 1. The lowest BCUT2D eigenvalue weighted by molar-refractivity contribution is -0.121. The number of amides is 1. The van der Waals surface area contributed by atoms with E-state index in [1.807, 2.05) is 18.2 Å². The molecule has 1 atom stereocenters. The zero-order valence-corrected chi connectivity index (χ0v) is 16.9. The first-order chi connectivity index (χ1) is 14.0. The average molecular weight is 390 g/mol. The van der Waals surface area contributed by atoms with E-state index >= 15 is 0 Å². The Balaban J connectivity index is 1.49. The van der Waals surface area contributed by atoms with Crippen LogP contribution in [0.4, 0.5) is 0 Å². The third-order valence-corrected chi connectivity index (χ3v) is 5.66. The summed E-state index contributed by atoms with van der Waals surface area (Å²) in [6, 6.07) is 10.1. The molecule has 6 nitrogen and oxygen atoms in total. The minimum Gasteiger partial charge on any atom is -0.350 e. The van der Waals surface area contributed by atoms with Gasteiger partial charge >= 0.3 is 0 Å². The maximum Gasteiger partial charge on any atom is 0.263 e. The van der Waals surface area contributed by atoms with Gasteiger partial charge in [-0.3, -0.25) is 14.2 Å². The van der Waals surface area contributed by atoms with Gasteiger partial charge in [0.15, 0.2) is 5.65 Å². The maximum atomic E-state index is 12.9. The molecule has 0 spiro atoms. The van der Waals surface area contributed by atoms with Crippen LogP contribution in [0, 0.1) is 5.92 Å². The highest BCUT2D eigenvalue weighted by molar-refractivity contribution is 5.77. The Morgan fingerprint density at radius 3 is 2.76 bits per heavy atom. The molecule has 0 aliphatic heterocycles. The van der Waals surface area contributed by atoms with E-state index in [0.717, 1.165) is 42.5 Å². The largest absolute Gasteiger partial charge is 0.350 e. The Morgan fingerprint density at radius 2 is 2.00 bits per heavy atom. The molecule has 1 aliphatic carbocycles. The average Bonchev–Trinajstić information content (AvgIpc) is 2.73. The van der Waals surface area contributed by atoms with E-state index < -0.39 is 0 Å². The molecule has 0 saturated carbocycles. The van der Waals surface area contributed by atoms with E-state index in [0.29, 0.717) is 23.5 Å². The Bertz CT molecular complexity index is 1100. The monoisotopic (exact) mass is 390 g/mol. The molecule has 4 rings (SSSR count). The van der Waals surface area contributed by atoms with Gasteiger partial charge in [0.2, 0.25) is 5.91 Å². The van der Waals surface area contributed by atoms with Crippen molar-refractivity contribution in [3.8, 4) is 0 Å². The van der Waals surface area contributed by atoms with E-state index in [-0.39, 0.29) is 18.0 Å². The zero-order chi connectivity index (χ0) is 20.4. The molecule has 1 amide bonds. The number of carbonyl (C=O) groups is 1. The Hall–Kier alpha value is -3.02. The number of carbonyl (C=O) groups excluding carboxylic acids is 1. The second kappa shape index (κ2) is 8.15. The van der Waals surface area contributed by atoms with Gasteiger partial charge in [-0.15, -0.1) is 0 Å². The van der Waals surface area contributed by atoms with Crippen LogP contribution in [0.3, 0.4) is 0 Å². The summed E-state index contributed by atoms with van der Waals surface area (Å²) in [4.78, 5) is 34.2. The standard InChI is InChI=1S/C23H26N4O2/c1-3-16-5-7-17(8-6-16)12-24-21(28)13-27-14-25-22-19(23(27)29)11-18-10-15(2)4-9-20(18)26-22/h5-8,11,14-15H,3-4,9-10,12-13H2,1-2H3,(H,24,28). The van der Waals surface area contributed by atoms with Crippen molar-refractivity contribution in [1.29, 1.82) is 0 Å². The summed E-state index contributed by atoms with van der Waals surface area (Å²) in [6.45, 7) is 4.71. The molecule has 1 aromatic carbocycles. The van der Waals surface area contributed by atoms with Crippen LogP contribution in [0.2, 0.25) is 0 Å². The second-order valence-electron chi connectivity index (χ2n) is 7.94. The number of aryl methyl sites for hydroxylation is 2. The summed E-state index contributed by atoms with van der Waals surface area (Å²) in [7, 11) is 0. The van der Waals surface area contributed by atoms with Crippen LogP contribution in [-0.4, -0.2) is 20.4 Å². The van der Waals surface area contributed by atoms with Crippen LogP contribution in [0.25, 0.3) is 11.0 Å². The first-order valence-corrected chi connectivity index (χ1v) is 10.3. The molecule has 0 fully saturated rings. The van der Waals surface area contributed by atoms with Gasteiger partial charge in [0.1, 0.15) is 12.9 Å². The minimum absolute atomic E-state index is 0.0533. The van der Waals surface area contributed by atoms with Crippen molar-refractivity contribution in [2.45, 2.75) is 52.6 Å². The van der Waals surface area contributed by atoms with Crippen molar-refractivity contribution in [1.82, 2.24) is 19.9 Å². The molecule has 0 saturated heterocycles. The van der Waals surface area contributed by atoms with Crippen LogP contribution in [-0.2, 0) is 37.1 Å². The van der Waals surface area contributed by atoms with Gasteiger partial charge in [0.05, 0.1) is 5.39 Å². The molecule has 0 radical (unpaired) electrons. The van der Waals surface area contributed by atoms with E-state index in [2.05, 4.69) is 41.3 Å². The van der Waals surface area contributed by atoms with Crippen molar-refractivity contribution < 1.29 is 4.79 Å². The SMILES string of the molecule is CCc1ccc(CNC(=O)Cn2cnc3nc4c(cc3c2=O)CC(C)CC4)cc1. The smallest absolute Gasteiger partial charge is 0.263 e. The van der Waals surface area contributed by atoms with Gasteiger partial charge in [-0.25, -0.2) is 9.97 Å². The van der Waals surface area contributed by atoms with Gasteiger partial charge in [-0.1, -0.05) is 38.1 Å². The molecule has 2 heterocycles. The predicted octanol–water partition coefficient (Wildman–Crippen LogP) is 2.80. The molecule has 1 N–H and O–H groups in total. The fourth-order valence-electron chi connectivity index (χ4n) is 3.84. The first-order valence-electron chi connectivity index (χ1n) is 10.3. The van der Waals surface area contributed by atoms with E-state index in [4.69, 9.17) is 0 Å². The van der Waals surface area contributed by atoms with Crippen LogP contribution in [0.1, 0.15) is 42.7 Å². The minimum atomic E-state index is -0.217. The topological polar surface area (TPSA) is 76.9 Å². The predicted molar refractivity (Wildman–Crippen MR) is 113 cm³/mol. The Morgan fingerprint density at radius 1 is 1.24 bits per heavy atom. The summed E-state index contributed by atoms with van der Waals surface area (Å²) < 4.78 is 1.36. The number of nitrogens with zero attached hydrogens (tertiary/aromatic N) is 3. The summed E-state index contributed by atoms with van der Waals surface area (Å²) in [5.41, 5.74) is 4.73. The summed E-state index contributed by atoms with van der Waals surface area (Å²) in [5, 5.41) is 3.36. The van der Waals surface area contributed by atoms with Crippen LogP contribution < -0.4 is 10.9 Å². The summed E-state index contributed by atoms with van der Waals surface area (Å²) >= 11 is 0. The molecular formula is C23H26N4O2. The van der Waals surface area contributed by atoms with Crippen LogP contribution in [0.5, 0.6) is 0 Å². The lowest BCUT2D eigenvalue weighted by atomic mass is 9.87. The van der Waals surface area contributed by atoms with Crippen molar-refractivity contribution in [2.75, 3.05) is 0 Å². The quantitative estimate of drug-likeness (QED) is 0.727. The number of nitrogens with one attached hydrogen (secondary N) is 1. The third kappa shape index (κ3) is 4.21. The molecule has 6 heteroatoms. The van der Waals surface area contributed by atoms with Crippen LogP contribution >= 0.6 is 0 Å². The molecular weight excluding hydrogens is 364 g/mol. The molecule has 150 valence electrons. The van der Waals surface area contributed by atoms with E-state index in [1.54, 1.807) is 0 Å². The number of aromatic nitrogens is 3. The highest BCUT2D eigenvalue weighted by Gasteiger charge is 2.19. The van der Waals surface area contributed by atoms with E-state index in [1.165, 1.54) is 16.5 Å². The zero-order valence-electron chi connectivity index (χ0n) is 16.9. The molecule has 29 heavy (non-hydrogen) atoms. The summed E-state index contributed by atoms with van der Waals surface area (Å²) in [6.07, 6.45) is 5.39. The van der Waals surface area contributed by atoms with Gasteiger partial charge in [0, 0.05) is 12.2 Å². The van der Waals surface area contributed by atoms with Crippen molar-refractivity contribution in [2.24, 2.45) is 5.92 Å². The summed E-state index contributed by atoms with van der Waals surface area (Å²) in [5.74, 6) is 0.380. The third-order valence-electron chi connectivity index (χ3n) is 5.66. The number of hydrogen-bond acceptors (Lipinski definition) is 4. The maximum absolute atomic E-state index is 12.9. The fourth-order valence-corrected chi connectivity index (χ4v) is 3.84. The van der Waals surface area contributed by atoms with Gasteiger partial charge in [-0.2, -0.15) is 0 Å². The Kier molecular flexibility index (Phi) is 5.43. The molecule has 0 bridgehead atoms. The molecule has 3 aromatic rings. The fraction of sp³-hybridized carbons (Fsp3) is 0.391. The highest BCUT2D eigenvalue weighted by atomic mass is 16.2. The normalized spacial score (nSPS) is 15.9. The van der Waals surface area contributed by atoms with Crippen molar-refractivity contribution in [3.63, 3.8) is 0 Å². The van der Waals surface area contributed by atoms with Crippen molar-refractivity contribution >= 4 is 16.9 Å². The number of rotatable bonds is 5. The van der Waals surface area contributed by atoms with Gasteiger partial charge in [0.25, 0.3) is 5.56 Å². The van der Waals surface area contributed by atoms with Crippen molar-refractivity contribution in [3.05, 3.63) is 69.4 Å². The lowest BCUT2D eigenvalue weighted by Crippen LogP contribution is -2.32. The first kappa shape index (κ1) is 19.3. The van der Waals surface area contributed by atoms with E-state index in [9.17, 15) is 9.59 Å². The number of fused-ring (bicyclic) bond motifs is 2. The Labute approximate surface area is 170 Å².